The molecule has 0 fully saturated rings. The van der Waals surface area contributed by atoms with E-state index in [-0.39, 0.29) is 34.5 Å². The quantitative estimate of drug-likeness (QED) is 0.0828. The van der Waals surface area contributed by atoms with Crippen molar-refractivity contribution in [2.45, 2.75) is 37.0 Å². The molecule has 0 saturated heterocycles. The average Bonchev–Trinajstić information content (AvgIpc) is 3.18. The molecule has 270 valence electrons. The van der Waals surface area contributed by atoms with Gasteiger partial charge in [0.1, 0.15) is 34.5 Å². The van der Waals surface area contributed by atoms with Gasteiger partial charge in [0.15, 0.2) is 0 Å². The zero-order valence-electron chi connectivity index (χ0n) is 30.3. The Bertz CT molecular complexity index is 1960. The fourth-order valence-corrected chi connectivity index (χ4v) is 7.76. The predicted molar refractivity (Wildman–Crippen MR) is 212 cm³/mol. The minimum absolute atomic E-state index is 0.140. The van der Waals surface area contributed by atoms with E-state index < -0.39 is 16.2 Å². The van der Waals surface area contributed by atoms with E-state index in [1.807, 2.05) is 72.8 Å². The maximum Gasteiger partial charge on any atom is 0.115 e. The number of rotatable bonds is 9. The first-order valence-corrected chi connectivity index (χ1v) is 17.8. The second-order valence-corrected chi connectivity index (χ2v) is 14.5. The van der Waals surface area contributed by atoms with Gasteiger partial charge in [-0.05, 0) is 144 Å². The van der Waals surface area contributed by atoms with E-state index in [0.717, 1.165) is 50.1 Å². The Morgan fingerprint density at radius 2 is 0.352 bits per heavy atom. The minimum atomic E-state index is -0.832. The Labute approximate surface area is 315 Å². The minimum Gasteiger partial charge on any atom is -0.508 e. The van der Waals surface area contributed by atoms with Crippen molar-refractivity contribution in [3.63, 3.8) is 0 Å². The zero-order chi connectivity index (χ0) is 38.3. The van der Waals surface area contributed by atoms with Crippen molar-refractivity contribution in [3.8, 4) is 34.5 Å². The molecule has 0 unspecified atom stereocenters. The molecule has 6 heteroatoms. The highest BCUT2D eigenvalue weighted by Gasteiger charge is 2.40. The number of hydrogen-bond donors (Lipinski definition) is 6. The summed E-state index contributed by atoms with van der Waals surface area (Å²) in [5, 5.41) is 62.3. The van der Waals surface area contributed by atoms with Gasteiger partial charge < -0.3 is 30.6 Å². The molecule has 0 heterocycles. The van der Waals surface area contributed by atoms with Crippen LogP contribution in [0.25, 0.3) is 0 Å². The molecule has 0 aromatic heterocycles. The van der Waals surface area contributed by atoms with Crippen molar-refractivity contribution in [1.82, 2.24) is 0 Å². The van der Waals surface area contributed by atoms with Crippen LogP contribution in [0, 0.1) is 0 Å². The molecule has 6 nitrogen and oxygen atoms in total. The molecular formula is C48H42O6. The first kappa shape index (κ1) is 35.7. The third-order valence-electron chi connectivity index (χ3n) is 11.3. The molecular weight excluding hydrogens is 673 g/mol. The first-order valence-electron chi connectivity index (χ1n) is 17.8. The van der Waals surface area contributed by atoms with Crippen LogP contribution in [0.4, 0.5) is 0 Å². The molecule has 0 aliphatic rings. The van der Waals surface area contributed by atoms with Crippen molar-refractivity contribution < 1.29 is 30.6 Å². The van der Waals surface area contributed by atoms with Gasteiger partial charge in [-0.2, -0.15) is 0 Å². The normalized spacial score (nSPS) is 12.1. The summed E-state index contributed by atoms with van der Waals surface area (Å²) in [5.41, 5.74) is 5.67. The van der Waals surface area contributed by atoms with Gasteiger partial charge in [-0.25, -0.2) is 0 Å². The summed E-state index contributed by atoms with van der Waals surface area (Å²) in [5.74, 6) is 0.837. The SMILES string of the molecule is CC(c1ccc(O)cc1)(c1ccc(O)cc1)c1cc(C(C)(c2ccc(O)cc2)c2ccc(O)cc2)cc(C(C)(c2ccc(O)cc2)c2ccc(O)cc2)c1. The van der Waals surface area contributed by atoms with Crippen LogP contribution in [0.2, 0.25) is 0 Å². The highest BCUT2D eigenvalue weighted by molar-refractivity contribution is 5.61. The largest absolute Gasteiger partial charge is 0.508 e. The summed E-state index contributed by atoms with van der Waals surface area (Å²) in [4.78, 5) is 0. The monoisotopic (exact) mass is 714 g/mol. The Morgan fingerprint density at radius 3 is 0.481 bits per heavy atom. The van der Waals surface area contributed by atoms with Gasteiger partial charge in [-0.15, -0.1) is 0 Å². The lowest BCUT2D eigenvalue weighted by Gasteiger charge is -2.39. The zero-order valence-corrected chi connectivity index (χ0v) is 30.3. The van der Waals surface area contributed by atoms with Gasteiger partial charge in [0, 0.05) is 16.2 Å². The lowest BCUT2D eigenvalue weighted by molar-refractivity contribution is 0.473. The topological polar surface area (TPSA) is 121 Å². The molecule has 0 aliphatic heterocycles. The van der Waals surface area contributed by atoms with Crippen LogP contribution in [0.15, 0.2) is 164 Å². The number of benzene rings is 7. The lowest BCUT2D eigenvalue weighted by atomic mass is 9.63. The summed E-state index contributed by atoms with van der Waals surface area (Å²) < 4.78 is 0. The van der Waals surface area contributed by atoms with Crippen molar-refractivity contribution in [3.05, 3.63) is 214 Å². The Kier molecular flexibility index (Phi) is 9.08. The highest BCUT2D eigenvalue weighted by Crippen LogP contribution is 2.49. The smallest absolute Gasteiger partial charge is 0.115 e. The van der Waals surface area contributed by atoms with Crippen molar-refractivity contribution in [1.29, 1.82) is 0 Å². The number of hydrogen-bond acceptors (Lipinski definition) is 6. The summed E-state index contributed by atoms with van der Waals surface area (Å²) in [6, 6.07) is 49.6. The molecule has 0 radical (unpaired) electrons. The molecule has 0 amide bonds. The van der Waals surface area contributed by atoms with E-state index in [1.54, 1.807) is 72.8 Å². The third-order valence-corrected chi connectivity index (χ3v) is 11.3. The molecule has 0 spiro atoms. The molecule has 6 N–H and O–H groups in total. The number of phenolic OH excluding ortho intramolecular Hbond substituents is 6. The van der Waals surface area contributed by atoms with Gasteiger partial charge in [0.25, 0.3) is 0 Å². The van der Waals surface area contributed by atoms with Crippen LogP contribution < -0.4 is 0 Å². The number of phenols is 6. The molecule has 0 saturated carbocycles. The molecule has 7 rings (SSSR count). The average molecular weight is 715 g/mol. The summed E-state index contributed by atoms with van der Waals surface area (Å²) in [6.45, 7) is 6.39. The maximum absolute atomic E-state index is 10.4. The van der Waals surface area contributed by atoms with Gasteiger partial charge >= 0.3 is 0 Å². The third kappa shape index (κ3) is 6.26. The van der Waals surface area contributed by atoms with Crippen molar-refractivity contribution >= 4 is 0 Å². The van der Waals surface area contributed by atoms with Crippen LogP contribution >= 0.6 is 0 Å². The highest BCUT2D eigenvalue weighted by atomic mass is 16.3. The fourth-order valence-electron chi connectivity index (χ4n) is 7.76. The fraction of sp³-hybridized carbons (Fsp3) is 0.125. The predicted octanol–water partition coefficient (Wildman–Crippen LogP) is 9.98. The van der Waals surface area contributed by atoms with E-state index in [9.17, 15) is 30.6 Å². The van der Waals surface area contributed by atoms with Crippen LogP contribution in [0.3, 0.4) is 0 Å². The van der Waals surface area contributed by atoms with Crippen LogP contribution in [0.1, 0.15) is 70.8 Å². The molecule has 7 aromatic rings. The van der Waals surface area contributed by atoms with Crippen LogP contribution in [0.5, 0.6) is 34.5 Å². The van der Waals surface area contributed by atoms with Gasteiger partial charge in [0.2, 0.25) is 0 Å². The molecule has 0 bridgehead atoms. The van der Waals surface area contributed by atoms with Crippen molar-refractivity contribution in [2.24, 2.45) is 0 Å². The summed E-state index contributed by atoms with van der Waals surface area (Å²) in [6.07, 6.45) is 0. The van der Waals surface area contributed by atoms with E-state index in [1.165, 1.54) is 0 Å². The second kappa shape index (κ2) is 13.7. The second-order valence-electron chi connectivity index (χ2n) is 14.5. The Balaban J connectivity index is 1.63. The maximum atomic E-state index is 10.4. The molecule has 0 atom stereocenters. The summed E-state index contributed by atoms with van der Waals surface area (Å²) >= 11 is 0. The van der Waals surface area contributed by atoms with E-state index in [0.29, 0.717) is 0 Å². The van der Waals surface area contributed by atoms with E-state index in [4.69, 9.17) is 0 Å². The standard InChI is InChI=1S/C48H42O6/c1-46(31-4-16-40(49)17-5-31,32-6-18-41(50)19-7-32)37-28-38(47(2,33-8-20-42(51)21-9-33)34-10-22-43(52)23-11-34)30-39(29-37)48(3,35-12-24-44(53)25-13-35)36-14-26-45(54)27-15-36/h4-30,49-54H,1-3H3. The van der Waals surface area contributed by atoms with E-state index >= 15 is 0 Å². The molecule has 54 heavy (non-hydrogen) atoms. The van der Waals surface area contributed by atoms with Gasteiger partial charge in [-0.1, -0.05) is 91.0 Å². The first-order chi connectivity index (χ1) is 25.8. The number of aromatic hydroxyl groups is 6. The van der Waals surface area contributed by atoms with Crippen LogP contribution in [-0.4, -0.2) is 30.6 Å². The van der Waals surface area contributed by atoms with Crippen molar-refractivity contribution in [2.75, 3.05) is 0 Å². The lowest BCUT2D eigenvalue weighted by Crippen LogP contribution is -2.32. The molecule has 7 aromatic carbocycles. The van der Waals surface area contributed by atoms with Crippen LogP contribution in [-0.2, 0) is 16.2 Å². The molecule has 0 aliphatic carbocycles. The van der Waals surface area contributed by atoms with Gasteiger partial charge in [0.05, 0.1) is 0 Å². The summed E-state index contributed by atoms with van der Waals surface area (Å²) in [7, 11) is 0. The Morgan fingerprint density at radius 1 is 0.222 bits per heavy atom. The Hall–Kier alpha value is -6.66. The van der Waals surface area contributed by atoms with E-state index in [2.05, 4.69) is 39.0 Å². The van der Waals surface area contributed by atoms with Gasteiger partial charge in [-0.3, -0.25) is 0 Å².